The highest BCUT2D eigenvalue weighted by molar-refractivity contribution is 5.32. The van der Waals surface area contributed by atoms with Crippen molar-refractivity contribution in [2.24, 2.45) is 5.92 Å². The summed E-state index contributed by atoms with van der Waals surface area (Å²) in [5, 5.41) is 0. The Bertz CT molecular complexity index is 369. The van der Waals surface area contributed by atoms with Crippen molar-refractivity contribution >= 4 is 0 Å². The predicted octanol–water partition coefficient (Wildman–Crippen LogP) is 4.94. The van der Waals surface area contributed by atoms with Crippen LogP contribution in [0.2, 0.25) is 0 Å². The van der Waals surface area contributed by atoms with Gasteiger partial charge in [-0.05, 0) is 41.9 Å². The molecule has 1 fully saturated rings. The normalized spacial score (nSPS) is 17.7. The van der Waals surface area contributed by atoms with Crippen molar-refractivity contribution in [3.8, 4) is 5.75 Å². The van der Waals surface area contributed by atoms with Gasteiger partial charge < -0.3 is 4.74 Å². The van der Waals surface area contributed by atoms with Gasteiger partial charge in [-0.3, -0.25) is 0 Å². The quantitative estimate of drug-likeness (QED) is 0.733. The summed E-state index contributed by atoms with van der Waals surface area (Å²) in [7, 11) is 0. The third-order valence-corrected chi connectivity index (χ3v) is 3.91. The average Bonchev–Trinajstić information content (AvgIpc) is 2.37. The molecule has 100 valence electrons. The van der Waals surface area contributed by atoms with Gasteiger partial charge in [0, 0.05) is 0 Å². The monoisotopic (exact) mass is 246 g/mol. The maximum atomic E-state index is 5.98. The molecular formula is C17H26O. The zero-order chi connectivity index (χ0) is 13.0. The van der Waals surface area contributed by atoms with E-state index in [1.165, 1.54) is 37.7 Å². The van der Waals surface area contributed by atoms with Gasteiger partial charge in [0.05, 0.1) is 6.61 Å². The first kappa shape index (κ1) is 13.5. The summed E-state index contributed by atoms with van der Waals surface area (Å²) < 4.78 is 5.98. The second-order valence-corrected chi connectivity index (χ2v) is 6.59. The Morgan fingerprint density at radius 3 is 2.50 bits per heavy atom. The average molecular weight is 246 g/mol. The number of ether oxygens (including phenoxy) is 1. The minimum Gasteiger partial charge on any atom is -0.493 e. The summed E-state index contributed by atoms with van der Waals surface area (Å²) in [6.07, 6.45) is 6.88. The number of benzene rings is 1. The smallest absolute Gasteiger partial charge is 0.119 e. The molecule has 1 aliphatic carbocycles. The molecule has 1 nitrogen and oxygen atoms in total. The third kappa shape index (κ3) is 3.76. The van der Waals surface area contributed by atoms with E-state index in [4.69, 9.17) is 4.74 Å². The van der Waals surface area contributed by atoms with Crippen LogP contribution in [0.15, 0.2) is 24.3 Å². The van der Waals surface area contributed by atoms with Crippen LogP contribution in [0.4, 0.5) is 0 Å². The summed E-state index contributed by atoms with van der Waals surface area (Å²) in [6, 6.07) is 8.57. The Morgan fingerprint density at radius 2 is 1.83 bits per heavy atom. The highest BCUT2D eigenvalue weighted by atomic mass is 16.5. The zero-order valence-corrected chi connectivity index (χ0v) is 12.0. The molecule has 0 N–H and O–H groups in total. The number of rotatable bonds is 3. The van der Waals surface area contributed by atoms with E-state index in [0.29, 0.717) is 0 Å². The van der Waals surface area contributed by atoms with Crippen molar-refractivity contribution in [2.75, 3.05) is 6.61 Å². The van der Waals surface area contributed by atoms with E-state index in [1.807, 2.05) is 0 Å². The first-order valence-corrected chi connectivity index (χ1v) is 7.29. The molecule has 0 bridgehead atoms. The SMILES string of the molecule is CC(C)(C)c1cccc(OCC2CCCCC2)c1. The molecule has 1 aliphatic rings. The van der Waals surface area contributed by atoms with Crippen molar-refractivity contribution < 1.29 is 4.74 Å². The molecule has 1 heteroatoms. The van der Waals surface area contributed by atoms with Gasteiger partial charge in [-0.25, -0.2) is 0 Å². The second kappa shape index (κ2) is 5.77. The molecule has 0 aromatic heterocycles. The highest BCUT2D eigenvalue weighted by Gasteiger charge is 2.16. The van der Waals surface area contributed by atoms with Crippen molar-refractivity contribution in [3.05, 3.63) is 29.8 Å². The molecule has 0 unspecified atom stereocenters. The summed E-state index contributed by atoms with van der Waals surface area (Å²) in [5.74, 6) is 1.81. The fourth-order valence-corrected chi connectivity index (χ4v) is 2.62. The van der Waals surface area contributed by atoms with Gasteiger partial charge >= 0.3 is 0 Å². The van der Waals surface area contributed by atoms with Crippen molar-refractivity contribution in [1.82, 2.24) is 0 Å². The molecule has 0 radical (unpaired) electrons. The van der Waals surface area contributed by atoms with E-state index >= 15 is 0 Å². The molecular weight excluding hydrogens is 220 g/mol. The Morgan fingerprint density at radius 1 is 1.11 bits per heavy atom. The van der Waals surface area contributed by atoms with E-state index in [1.54, 1.807) is 0 Å². The van der Waals surface area contributed by atoms with E-state index in [-0.39, 0.29) is 5.41 Å². The van der Waals surface area contributed by atoms with E-state index in [9.17, 15) is 0 Å². The van der Waals surface area contributed by atoms with Gasteiger partial charge in [0.15, 0.2) is 0 Å². The van der Waals surface area contributed by atoms with Crippen LogP contribution in [0.5, 0.6) is 5.75 Å². The fraction of sp³-hybridized carbons (Fsp3) is 0.647. The molecule has 1 saturated carbocycles. The molecule has 0 heterocycles. The lowest BCUT2D eigenvalue weighted by Gasteiger charge is -2.23. The number of hydrogen-bond donors (Lipinski definition) is 0. The van der Waals surface area contributed by atoms with Crippen molar-refractivity contribution in [3.63, 3.8) is 0 Å². The van der Waals surface area contributed by atoms with Gasteiger partial charge in [0.2, 0.25) is 0 Å². The molecule has 0 atom stereocenters. The standard InChI is InChI=1S/C17H26O/c1-17(2,3)15-10-7-11-16(12-15)18-13-14-8-5-4-6-9-14/h7,10-12,14H,4-6,8-9,13H2,1-3H3. The molecule has 1 aromatic rings. The van der Waals surface area contributed by atoms with Crippen LogP contribution >= 0.6 is 0 Å². The van der Waals surface area contributed by atoms with Crippen molar-refractivity contribution in [1.29, 1.82) is 0 Å². The molecule has 0 amide bonds. The molecule has 1 aromatic carbocycles. The first-order valence-electron chi connectivity index (χ1n) is 7.29. The van der Waals surface area contributed by atoms with E-state index in [2.05, 4.69) is 45.0 Å². The maximum Gasteiger partial charge on any atom is 0.119 e. The topological polar surface area (TPSA) is 9.23 Å². The maximum absolute atomic E-state index is 5.98. The number of hydrogen-bond acceptors (Lipinski definition) is 1. The summed E-state index contributed by atoms with van der Waals surface area (Å²) >= 11 is 0. The highest BCUT2D eigenvalue weighted by Crippen LogP contribution is 2.27. The second-order valence-electron chi connectivity index (χ2n) is 6.59. The lowest BCUT2D eigenvalue weighted by molar-refractivity contribution is 0.208. The van der Waals surface area contributed by atoms with Gasteiger partial charge in [0.25, 0.3) is 0 Å². The van der Waals surface area contributed by atoms with Crippen LogP contribution in [0.25, 0.3) is 0 Å². The molecule has 2 rings (SSSR count). The Labute approximate surface area is 112 Å². The summed E-state index contributed by atoms with van der Waals surface area (Å²) in [6.45, 7) is 7.63. The molecule has 0 spiro atoms. The van der Waals surface area contributed by atoms with Crippen LogP contribution < -0.4 is 4.74 Å². The first-order chi connectivity index (χ1) is 8.55. The largest absolute Gasteiger partial charge is 0.493 e. The van der Waals surface area contributed by atoms with Crippen LogP contribution in [0, 0.1) is 5.92 Å². The van der Waals surface area contributed by atoms with Gasteiger partial charge in [-0.15, -0.1) is 0 Å². The molecule has 18 heavy (non-hydrogen) atoms. The summed E-state index contributed by atoms with van der Waals surface area (Å²) in [4.78, 5) is 0. The Balaban J connectivity index is 1.92. The van der Waals surface area contributed by atoms with E-state index in [0.717, 1.165) is 18.3 Å². The van der Waals surface area contributed by atoms with Crippen LogP contribution in [0.1, 0.15) is 58.4 Å². The van der Waals surface area contributed by atoms with Crippen LogP contribution in [-0.4, -0.2) is 6.61 Å². The van der Waals surface area contributed by atoms with E-state index < -0.39 is 0 Å². The predicted molar refractivity (Wildman–Crippen MR) is 77.2 cm³/mol. The lowest BCUT2D eigenvalue weighted by Crippen LogP contribution is -2.16. The van der Waals surface area contributed by atoms with Gasteiger partial charge in [-0.2, -0.15) is 0 Å². The Kier molecular flexibility index (Phi) is 4.31. The molecule has 0 aliphatic heterocycles. The zero-order valence-electron chi connectivity index (χ0n) is 12.0. The molecule has 0 saturated heterocycles. The Hall–Kier alpha value is -0.980. The third-order valence-electron chi connectivity index (χ3n) is 3.91. The minimum absolute atomic E-state index is 0.199. The fourth-order valence-electron chi connectivity index (χ4n) is 2.62. The van der Waals surface area contributed by atoms with Gasteiger partial charge in [-0.1, -0.05) is 52.2 Å². The lowest BCUT2D eigenvalue weighted by atomic mass is 9.87. The summed E-state index contributed by atoms with van der Waals surface area (Å²) in [5.41, 5.74) is 1.55. The van der Waals surface area contributed by atoms with Gasteiger partial charge in [0.1, 0.15) is 5.75 Å². The van der Waals surface area contributed by atoms with Crippen LogP contribution in [0.3, 0.4) is 0 Å². The van der Waals surface area contributed by atoms with Crippen molar-refractivity contribution in [2.45, 2.75) is 58.3 Å². The van der Waals surface area contributed by atoms with Crippen LogP contribution in [-0.2, 0) is 5.41 Å². The minimum atomic E-state index is 0.199.